The zero-order valence-corrected chi connectivity index (χ0v) is 13.4. The van der Waals surface area contributed by atoms with Crippen LogP contribution in [-0.4, -0.2) is 27.7 Å². The molecule has 118 valence electrons. The van der Waals surface area contributed by atoms with Crippen LogP contribution in [0, 0.1) is 18.2 Å². The number of nitrogens with one attached hydrogen (secondary N) is 1. The maximum absolute atomic E-state index is 14.0. The number of halogens is 1. The lowest BCUT2D eigenvalue weighted by Crippen LogP contribution is -2.57. The van der Waals surface area contributed by atoms with E-state index in [0.29, 0.717) is 5.56 Å². The van der Waals surface area contributed by atoms with E-state index in [9.17, 15) is 12.8 Å². The van der Waals surface area contributed by atoms with E-state index in [0.717, 1.165) is 12.5 Å². The summed E-state index contributed by atoms with van der Waals surface area (Å²) < 4.78 is 42.6. The second-order valence-corrected chi connectivity index (χ2v) is 7.65. The van der Waals surface area contributed by atoms with Gasteiger partial charge in [-0.05, 0) is 31.0 Å². The number of ether oxygens (including phenoxy) is 1. The van der Waals surface area contributed by atoms with Gasteiger partial charge in [0.15, 0.2) is 0 Å². The highest BCUT2D eigenvalue weighted by molar-refractivity contribution is 7.89. The molecule has 3 N–H and O–H groups in total. The van der Waals surface area contributed by atoms with Crippen LogP contribution < -0.4 is 10.5 Å². The van der Waals surface area contributed by atoms with Crippen molar-refractivity contribution in [3.63, 3.8) is 0 Å². The number of methoxy groups -OCH3 is 1. The molecular formula is C14H21FN2O3S. The molecule has 21 heavy (non-hydrogen) atoms. The predicted molar refractivity (Wildman–Crippen MR) is 79.1 cm³/mol. The van der Waals surface area contributed by atoms with Crippen LogP contribution in [0.1, 0.15) is 25.8 Å². The topological polar surface area (TPSA) is 81.4 Å². The first-order valence-corrected chi connectivity index (χ1v) is 8.24. The van der Waals surface area contributed by atoms with Crippen molar-refractivity contribution in [3.8, 4) is 0 Å². The Hall–Kier alpha value is -1.18. The molecule has 2 atom stereocenters. The SMILES string of the molecule is COC1CC(Nc2cc(C)cc(F)c2S(N)(=O)=O)C1(C)C. The average Bonchev–Trinajstić information content (AvgIpc) is 2.31. The molecule has 0 spiro atoms. The van der Waals surface area contributed by atoms with Gasteiger partial charge in [0.2, 0.25) is 10.0 Å². The van der Waals surface area contributed by atoms with E-state index in [1.165, 1.54) is 0 Å². The number of nitrogens with two attached hydrogens (primary N) is 1. The molecule has 0 radical (unpaired) electrons. The van der Waals surface area contributed by atoms with Crippen LogP contribution >= 0.6 is 0 Å². The second-order valence-electron chi connectivity index (χ2n) is 6.15. The number of hydrogen-bond donors (Lipinski definition) is 2. The maximum atomic E-state index is 14.0. The van der Waals surface area contributed by atoms with Crippen LogP contribution in [-0.2, 0) is 14.8 Å². The van der Waals surface area contributed by atoms with Crippen molar-refractivity contribution in [2.24, 2.45) is 10.6 Å². The summed E-state index contributed by atoms with van der Waals surface area (Å²) >= 11 is 0. The Bertz CT molecular complexity index is 658. The number of benzene rings is 1. The number of primary sulfonamides is 1. The summed E-state index contributed by atoms with van der Waals surface area (Å²) in [5.41, 5.74) is 0.662. The standard InChI is InChI=1S/C14H21FN2O3S/c1-8-5-9(15)13(21(16,18)19)10(6-8)17-11-7-12(20-4)14(11,2)3/h5-6,11-12,17H,7H2,1-4H3,(H2,16,18,19). The summed E-state index contributed by atoms with van der Waals surface area (Å²) in [7, 11) is -2.49. The lowest BCUT2D eigenvalue weighted by Gasteiger charge is -2.51. The number of sulfonamides is 1. The van der Waals surface area contributed by atoms with Gasteiger partial charge in [0.1, 0.15) is 10.7 Å². The van der Waals surface area contributed by atoms with Crippen LogP contribution in [0.15, 0.2) is 17.0 Å². The first-order chi connectivity index (χ1) is 9.57. The van der Waals surface area contributed by atoms with Crippen LogP contribution in [0.25, 0.3) is 0 Å². The molecule has 0 heterocycles. The monoisotopic (exact) mass is 316 g/mol. The van der Waals surface area contributed by atoms with Crippen molar-refractivity contribution in [2.75, 3.05) is 12.4 Å². The molecule has 5 nitrogen and oxygen atoms in total. The van der Waals surface area contributed by atoms with E-state index < -0.39 is 20.7 Å². The summed E-state index contributed by atoms with van der Waals surface area (Å²) in [6.45, 7) is 5.74. The predicted octanol–water partition coefficient (Wildman–Crippen LogP) is 2.01. The van der Waals surface area contributed by atoms with Crippen molar-refractivity contribution in [2.45, 2.75) is 44.2 Å². The first kappa shape index (κ1) is 16.2. The van der Waals surface area contributed by atoms with E-state index >= 15 is 0 Å². The number of rotatable bonds is 4. The van der Waals surface area contributed by atoms with E-state index in [-0.39, 0.29) is 23.2 Å². The Morgan fingerprint density at radius 3 is 2.52 bits per heavy atom. The Morgan fingerprint density at radius 2 is 2.05 bits per heavy atom. The second kappa shape index (κ2) is 5.23. The molecule has 1 aromatic carbocycles. The minimum Gasteiger partial charge on any atom is -0.381 e. The van der Waals surface area contributed by atoms with Crippen LogP contribution in [0.3, 0.4) is 0 Å². The number of aryl methyl sites for hydroxylation is 1. The molecule has 0 saturated heterocycles. The van der Waals surface area contributed by atoms with Gasteiger partial charge in [0, 0.05) is 18.6 Å². The highest BCUT2D eigenvalue weighted by atomic mass is 32.2. The van der Waals surface area contributed by atoms with E-state index in [1.54, 1.807) is 20.1 Å². The number of hydrogen-bond acceptors (Lipinski definition) is 4. The van der Waals surface area contributed by atoms with Gasteiger partial charge in [-0.1, -0.05) is 13.8 Å². The van der Waals surface area contributed by atoms with Crippen LogP contribution in [0.2, 0.25) is 0 Å². The largest absolute Gasteiger partial charge is 0.381 e. The van der Waals surface area contributed by atoms with E-state index in [2.05, 4.69) is 5.32 Å². The summed E-state index contributed by atoms with van der Waals surface area (Å²) in [5, 5.41) is 8.24. The molecule has 0 bridgehead atoms. The Labute approximate surface area is 124 Å². The summed E-state index contributed by atoms with van der Waals surface area (Å²) in [5.74, 6) is -0.833. The lowest BCUT2D eigenvalue weighted by atomic mass is 9.64. The van der Waals surface area contributed by atoms with E-state index in [4.69, 9.17) is 9.88 Å². The smallest absolute Gasteiger partial charge is 0.243 e. The van der Waals surface area contributed by atoms with Crippen LogP contribution in [0.5, 0.6) is 0 Å². The van der Waals surface area contributed by atoms with Gasteiger partial charge >= 0.3 is 0 Å². The van der Waals surface area contributed by atoms with Crippen molar-refractivity contribution in [3.05, 3.63) is 23.5 Å². The average molecular weight is 316 g/mol. The molecule has 2 rings (SSSR count). The van der Waals surface area contributed by atoms with Crippen molar-refractivity contribution in [1.82, 2.24) is 0 Å². The molecule has 1 saturated carbocycles. The third-order valence-electron chi connectivity index (χ3n) is 4.26. The third kappa shape index (κ3) is 2.90. The Morgan fingerprint density at radius 1 is 1.43 bits per heavy atom. The van der Waals surface area contributed by atoms with Gasteiger partial charge in [-0.15, -0.1) is 0 Å². The van der Waals surface area contributed by atoms with Gasteiger partial charge in [-0.25, -0.2) is 17.9 Å². The van der Waals surface area contributed by atoms with Crippen molar-refractivity contribution < 1.29 is 17.5 Å². The Kier molecular flexibility index (Phi) is 4.03. The van der Waals surface area contributed by atoms with Crippen molar-refractivity contribution >= 4 is 15.7 Å². The first-order valence-electron chi connectivity index (χ1n) is 6.69. The minimum atomic E-state index is -4.14. The molecule has 1 fully saturated rings. The number of anilines is 1. The van der Waals surface area contributed by atoms with Gasteiger partial charge in [0.05, 0.1) is 11.8 Å². The zero-order valence-electron chi connectivity index (χ0n) is 12.6. The van der Waals surface area contributed by atoms with Crippen molar-refractivity contribution in [1.29, 1.82) is 0 Å². The van der Waals surface area contributed by atoms with Gasteiger partial charge in [-0.3, -0.25) is 0 Å². The molecule has 7 heteroatoms. The fourth-order valence-corrected chi connectivity index (χ4v) is 3.60. The molecule has 1 aliphatic carbocycles. The Balaban J connectivity index is 2.38. The summed E-state index contributed by atoms with van der Waals surface area (Å²) in [6, 6.07) is 2.75. The minimum absolute atomic E-state index is 0.0100. The molecule has 0 aromatic heterocycles. The van der Waals surface area contributed by atoms with Gasteiger partial charge in [0.25, 0.3) is 0 Å². The van der Waals surface area contributed by atoms with Gasteiger partial charge < -0.3 is 10.1 Å². The quantitative estimate of drug-likeness (QED) is 0.890. The molecule has 1 aliphatic rings. The molecule has 1 aromatic rings. The molecular weight excluding hydrogens is 295 g/mol. The highest BCUT2D eigenvalue weighted by Crippen LogP contribution is 2.44. The maximum Gasteiger partial charge on any atom is 0.243 e. The normalized spacial score (nSPS) is 24.5. The molecule has 0 aliphatic heterocycles. The summed E-state index contributed by atoms with van der Waals surface area (Å²) in [4.78, 5) is -0.482. The molecule has 2 unspecified atom stereocenters. The highest BCUT2D eigenvalue weighted by Gasteiger charge is 2.48. The van der Waals surface area contributed by atoms with Crippen LogP contribution in [0.4, 0.5) is 10.1 Å². The fraction of sp³-hybridized carbons (Fsp3) is 0.571. The zero-order chi connectivity index (χ0) is 16.0. The fourth-order valence-electron chi connectivity index (χ4n) is 2.84. The van der Waals surface area contributed by atoms with E-state index in [1.807, 2.05) is 13.8 Å². The lowest BCUT2D eigenvalue weighted by molar-refractivity contribution is -0.0795. The summed E-state index contributed by atoms with van der Waals surface area (Å²) in [6.07, 6.45) is 0.811. The molecule has 0 amide bonds. The van der Waals surface area contributed by atoms with Gasteiger partial charge in [-0.2, -0.15) is 0 Å². The third-order valence-corrected chi connectivity index (χ3v) is 5.25.